The van der Waals surface area contributed by atoms with Crippen LogP contribution >= 0.6 is 0 Å². The molecule has 2 aromatic carbocycles. The molecule has 3 aromatic rings. The largest absolute Gasteiger partial charge is 0.478 e. The number of amides is 2. The lowest BCUT2D eigenvalue weighted by atomic mass is 10.1. The number of nitrogens with one attached hydrogen (secondary N) is 2. The number of carboxylic acids is 1. The van der Waals surface area contributed by atoms with Gasteiger partial charge in [0.2, 0.25) is 5.91 Å². The van der Waals surface area contributed by atoms with E-state index in [0.29, 0.717) is 28.3 Å². The molecule has 0 aliphatic heterocycles. The number of rotatable bonds is 6. The van der Waals surface area contributed by atoms with Crippen LogP contribution in [0.1, 0.15) is 33.4 Å². The van der Waals surface area contributed by atoms with Gasteiger partial charge in [0, 0.05) is 23.7 Å². The fourth-order valence-electron chi connectivity index (χ4n) is 2.54. The van der Waals surface area contributed by atoms with Crippen molar-refractivity contribution < 1.29 is 23.9 Å². The van der Waals surface area contributed by atoms with Gasteiger partial charge in [0.15, 0.2) is 0 Å². The molecule has 3 rings (SSSR count). The molecule has 0 aliphatic rings. The molecule has 146 valence electrons. The molecule has 0 fully saturated rings. The van der Waals surface area contributed by atoms with Crippen molar-refractivity contribution in [2.75, 3.05) is 5.32 Å². The quantitative estimate of drug-likeness (QED) is 0.439. The van der Waals surface area contributed by atoms with Crippen molar-refractivity contribution in [3.05, 3.63) is 77.6 Å². The van der Waals surface area contributed by atoms with Crippen LogP contribution in [0.4, 0.5) is 5.69 Å². The molecular weight excluding hydrogens is 374 g/mol. The smallest absolute Gasteiger partial charge is 0.335 e. The lowest BCUT2D eigenvalue weighted by Gasteiger charge is -2.04. The number of benzene rings is 2. The molecule has 0 spiro atoms. The Bertz CT molecular complexity index is 1100. The summed E-state index contributed by atoms with van der Waals surface area (Å²) in [5, 5.41) is 15.5. The predicted molar refractivity (Wildman–Crippen MR) is 107 cm³/mol. The Kier molecular flexibility index (Phi) is 5.84. The minimum atomic E-state index is -1.02. The Balaban J connectivity index is 1.66. The summed E-state index contributed by atoms with van der Waals surface area (Å²) in [6.07, 6.45) is 1.33. The van der Waals surface area contributed by atoms with Gasteiger partial charge >= 0.3 is 5.97 Å². The third-order valence-corrected chi connectivity index (χ3v) is 3.82. The van der Waals surface area contributed by atoms with Crippen LogP contribution in [-0.2, 0) is 4.79 Å². The highest BCUT2D eigenvalue weighted by atomic mass is 16.4. The van der Waals surface area contributed by atoms with Gasteiger partial charge in [0.1, 0.15) is 11.5 Å². The van der Waals surface area contributed by atoms with E-state index in [9.17, 15) is 14.4 Å². The van der Waals surface area contributed by atoms with E-state index in [-0.39, 0.29) is 11.5 Å². The summed E-state index contributed by atoms with van der Waals surface area (Å²) in [5.41, 5.74) is 3.99. The van der Waals surface area contributed by atoms with E-state index >= 15 is 0 Å². The fraction of sp³-hybridized carbons (Fsp3) is 0.0476. The van der Waals surface area contributed by atoms with Crippen molar-refractivity contribution in [1.82, 2.24) is 5.43 Å². The minimum Gasteiger partial charge on any atom is -0.478 e. The van der Waals surface area contributed by atoms with E-state index in [1.807, 2.05) is 0 Å². The maximum atomic E-state index is 12.2. The van der Waals surface area contributed by atoms with Gasteiger partial charge in [0.25, 0.3) is 5.91 Å². The molecule has 0 bridgehead atoms. The van der Waals surface area contributed by atoms with Crippen molar-refractivity contribution in [2.45, 2.75) is 6.92 Å². The van der Waals surface area contributed by atoms with E-state index in [0.717, 1.165) is 0 Å². The van der Waals surface area contributed by atoms with E-state index in [1.54, 1.807) is 42.5 Å². The first-order valence-corrected chi connectivity index (χ1v) is 8.57. The second-order valence-corrected chi connectivity index (χ2v) is 6.05. The number of carboxylic acid groups (broad SMARTS) is 1. The number of hydrogen-bond donors (Lipinski definition) is 3. The van der Waals surface area contributed by atoms with Crippen LogP contribution in [0, 0.1) is 0 Å². The van der Waals surface area contributed by atoms with Crippen LogP contribution < -0.4 is 10.7 Å². The number of anilines is 1. The third-order valence-electron chi connectivity index (χ3n) is 3.82. The zero-order chi connectivity index (χ0) is 20.8. The first-order chi connectivity index (χ1) is 13.9. The van der Waals surface area contributed by atoms with Crippen molar-refractivity contribution in [3.8, 4) is 11.3 Å². The van der Waals surface area contributed by atoms with Gasteiger partial charge in [-0.05, 0) is 42.5 Å². The van der Waals surface area contributed by atoms with Gasteiger partial charge in [-0.2, -0.15) is 5.10 Å². The highest BCUT2D eigenvalue weighted by Gasteiger charge is 2.09. The lowest BCUT2D eigenvalue weighted by Crippen LogP contribution is -2.18. The number of carbonyl (C=O) groups is 3. The molecule has 0 radical (unpaired) electrons. The fourth-order valence-corrected chi connectivity index (χ4v) is 2.54. The zero-order valence-electron chi connectivity index (χ0n) is 15.4. The molecule has 0 saturated heterocycles. The van der Waals surface area contributed by atoms with Gasteiger partial charge in [0.05, 0.1) is 11.8 Å². The van der Waals surface area contributed by atoms with E-state index < -0.39 is 11.9 Å². The summed E-state index contributed by atoms with van der Waals surface area (Å²) in [7, 11) is 0. The number of hydrogen-bond acceptors (Lipinski definition) is 5. The zero-order valence-corrected chi connectivity index (χ0v) is 15.4. The Labute approximate surface area is 165 Å². The molecule has 29 heavy (non-hydrogen) atoms. The second-order valence-electron chi connectivity index (χ2n) is 6.05. The van der Waals surface area contributed by atoms with Crippen molar-refractivity contribution in [3.63, 3.8) is 0 Å². The molecule has 0 saturated carbocycles. The van der Waals surface area contributed by atoms with Crippen molar-refractivity contribution in [2.24, 2.45) is 5.10 Å². The number of furan rings is 1. The maximum Gasteiger partial charge on any atom is 0.335 e. The standard InChI is InChI=1S/C21H17N3O5/c1-13(25)23-17-7-3-5-15(11-17)20(26)24-22-12-18-8-9-19(29-18)14-4-2-6-16(10-14)21(27)28/h2-12H,1H3,(H,23,25)(H,24,26)(H,27,28)/b22-12+. The van der Waals surface area contributed by atoms with Gasteiger partial charge in [-0.15, -0.1) is 0 Å². The maximum absolute atomic E-state index is 12.2. The number of aromatic carboxylic acids is 1. The Hall–Kier alpha value is -4.20. The van der Waals surface area contributed by atoms with Gasteiger partial charge in [-0.1, -0.05) is 18.2 Å². The SMILES string of the molecule is CC(=O)Nc1cccc(C(=O)N/N=C/c2ccc(-c3cccc(C(=O)O)c3)o2)c1. The molecular formula is C21H17N3O5. The highest BCUT2D eigenvalue weighted by Crippen LogP contribution is 2.22. The number of carbonyl (C=O) groups excluding carboxylic acids is 2. The van der Waals surface area contributed by atoms with Crippen LogP contribution in [0.15, 0.2) is 70.2 Å². The summed E-state index contributed by atoms with van der Waals surface area (Å²) in [6.45, 7) is 1.38. The summed E-state index contributed by atoms with van der Waals surface area (Å²) in [4.78, 5) is 34.4. The number of hydrazone groups is 1. The van der Waals surface area contributed by atoms with E-state index in [1.165, 1.54) is 31.3 Å². The van der Waals surface area contributed by atoms with Crippen LogP contribution in [-0.4, -0.2) is 29.1 Å². The lowest BCUT2D eigenvalue weighted by molar-refractivity contribution is -0.114. The molecule has 3 N–H and O–H groups in total. The van der Waals surface area contributed by atoms with Gasteiger partial charge < -0.3 is 14.8 Å². The minimum absolute atomic E-state index is 0.155. The van der Waals surface area contributed by atoms with E-state index in [2.05, 4.69) is 15.8 Å². The van der Waals surface area contributed by atoms with Crippen LogP contribution in [0.2, 0.25) is 0 Å². The molecule has 1 heterocycles. The summed E-state index contributed by atoms with van der Waals surface area (Å²) in [5.74, 6) is -0.847. The average Bonchev–Trinajstić information content (AvgIpc) is 3.16. The molecule has 2 amide bonds. The Morgan fingerprint density at radius 3 is 2.52 bits per heavy atom. The van der Waals surface area contributed by atoms with Crippen LogP contribution in [0.5, 0.6) is 0 Å². The molecule has 0 aliphatic carbocycles. The number of nitrogens with zero attached hydrogens (tertiary/aromatic N) is 1. The monoisotopic (exact) mass is 391 g/mol. The molecule has 8 nitrogen and oxygen atoms in total. The van der Waals surface area contributed by atoms with Crippen LogP contribution in [0.25, 0.3) is 11.3 Å². The third kappa shape index (κ3) is 5.16. The van der Waals surface area contributed by atoms with Gasteiger partial charge in [-0.3, -0.25) is 9.59 Å². The first-order valence-electron chi connectivity index (χ1n) is 8.57. The Morgan fingerprint density at radius 1 is 1.00 bits per heavy atom. The average molecular weight is 391 g/mol. The summed E-state index contributed by atoms with van der Waals surface area (Å²) < 4.78 is 5.61. The highest BCUT2D eigenvalue weighted by molar-refractivity contribution is 5.97. The topological polar surface area (TPSA) is 121 Å². The Morgan fingerprint density at radius 2 is 1.76 bits per heavy atom. The predicted octanol–water partition coefficient (Wildman–Crippen LogP) is 3.37. The first kappa shape index (κ1) is 19.6. The molecule has 0 atom stereocenters. The van der Waals surface area contributed by atoms with E-state index in [4.69, 9.17) is 9.52 Å². The molecule has 0 unspecified atom stereocenters. The summed E-state index contributed by atoms with van der Waals surface area (Å²) in [6, 6.07) is 16.1. The second kappa shape index (κ2) is 8.66. The van der Waals surface area contributed by atoms with Crippen molar-refractivity contribution >= 4 is 29.7 Å². The summed E-state index contributed by atoms with van der Waals surface area (Å²) >= 11 is 0. The normalized spacial score (nSPS) is 10.7. The molecule has 8 heteroatoms. The van der Waals surface area contributed by atoms with Crippen molar-refractivity contribution in [1.29, 1.82) is 0 Å². The van der Waals surface area contributed by atoms with Crippen LogP contribution in [0.3, 0.4) is 0 Å². The molecule has 1 aromatic heterocycles. The van der Waals surface area contributed by atoms with Gasteiger partial charge in [-0.25, -0.2) is 10.2 Å².